The Morgan fingerprint density at radius 3 is 2.52 bits per heavy atom. The van der Waals surface area contributed by atoms with Crippen LogP contribution in [0.25, 0.3) is 0 Å². The van der Waals surface area contributed by atoms with E-state index < -0.39 is 11.9 Å². The van der Waals surface area contributed by atoms with Gasteiger partial charge in [0.1, 0.15) is 5.82 Å². The Hall–Kier alpha value is -1.46. The second-order valence-electron chi connectivity index (χ2n) is 6.16. The molecule has 0 unspecified atom stereocenters. The quantitative estimate of drug-likeness (QED) is 0.845. The molecule has 0 spiro atoms. The zero-order valence-electron chi connectivity index (χ0n) is 13.2. The number of amides is 1. The number of aliphatic hydroxyl groups is 1. The highest BCUT2D eigenvalue weighted by Crippen LogP contribution is 2.17. The van der Waals surface area contributed by atoms with Gasteiger partial charge >= 0.3 is 0 Å². The minimum absolute atomic E-state index is 0.106. The summed E-state index contributed by atoms with van der Waals surface area (Å²) in [5, 5.41) is 13.0. The maximum atomic E-state index is 13.6. The Bertz CT molecular complexity index is 472. The molecule has 1 rings (SSSR count). The first-order valence-electron chi connectivity index (χ1n) is 7.18. The van der Waals surface area contributed by atoms with Gasteiger partial charge in [-0.2, -0.15) is 0 Å². The molecule has 0 bridgehead atoms. The lowest BCUT2D eigenvalue weighted by atomic mass is 10.1. The van der Waals surface area contributed by atoms with Crippen molar-refractivity contribution in [3.8, 4) is 0 Å². The molecule has 1 aromatic rings. The number of rotatable bonds is 6. The molecule has 0 fully saturated rings. The van der Waals surface area contributed by atoms with Crippen molar-refractivity contribution in [3.63, 3.8) is 0 Å². The van der Waals surface area contributed by atoms with Crippen LogP contribution in [0.4, 0.5) is 4.39 Å². The van der Waals surface area contributed by atoms with Crippen LogP contribution in [0.3, 0.4) is 0 Å². The first kappa shape index (κ1) is 17.6. The van der Waals surface area contributed by atoms with Crippen LogP contribution in [0.1, 0.15) is 39.4 Å². The molecule has 0 aliphatic heterocycles. The maximum Gasteiger partial charge on any atom is 0.234 e. The lowest BCUT2D eigenvalue weighted by molar-refractivity contribution is -0.123. The lowest BCUT2D eigenvalue weighted by Gasteiger charge is -2.26. The Morgan fingerprint density at radius 2 is 2.00 bits per heavy atom. The molecule has 0 aliphatic rings. The van der Waals surface area contributed by atoms with Crippen LogP contribution in [-0.4, -0.2) is 41.1 Å². The van der Waals surface area contributed by atoms with Gasteiger partial charge in [0, 0.05) is 17.6 Å². The van der Waals surface area contributed by atoms with Gasteiger partial charge in [-0.05, 0) is 33.4 Å². The number of halogens is 1. The fourth-order valence-corrected chi connectivity index (χ4v) is 2.05. The molecule has 0 heterocycles. The molecule has 1 atom stereocenters. The summed E-state index contributed by atoms with van der Waals surface area (Å²) in [5.41, 5.74) is -0.0344. The van der Waals surface area contributed by atoms with E-state index in [0.29, 0.717) is 6.54 Å². The Balaban J connectivity index is 2.62. The molecular formula is C16H25FN2O2. The van der Waals surface area contributed by atoms with E-state index in [2.05, 4.69) is 5.32 Å². The second-order valence-corrected chi connectivity index (χ2v) is 6.16. The van der Waals surface area contributed by atoms with E-state index in [4.69, 9.17) is 0 Å². The minimum Gasteiger partial charge on any atom is -0.387 e. The SMILES string of the molecule is CCN(CC(=O)NC(C)(C)C)C[C@@H](O)c1ccccc1F. The number of aliphatic hydroxyl groups excluding tert-OH is 1. The average molecular weight is 296 g/mol. The van der Waals surface area contributed by atoms with Crippen molar-refractivity contribution in [1.29, 1.82) is 0 Å². The van der Waals surface area contributed by atoms with Crippen molar-refractivity contribution in [2.75, 3.05) is 19.6 Å². The molecule has 0 saturated heterocycles. The summed E-state index contributed by atoms with van der Waals surface area (Å²) in [6.45, 7) is 8.63. The molecule has 0 aliphatic carbocycles. The Morgan fingerprint density at radius 1 is 1.38 bits per heavy atom. The third-order valence-electron chi connectivity index (χ3n) is 3.02. The van der Waals surface area contributed by atoms with Gasteiger partial charge in [-0.25, -0.2) is 4.39 Å². The van der Waals surface area contributed by atoms with E-state index in [1.165, 1.54) is 6.07 Å². The van der Waals surface area contributed by atoms with Gasteiger partial charge in [-0.3, -0.25) is 9.69 Å². The zero-order valence-corrected chi connectivity index (χ0v) is 13.2. The van der Waals surface area contributed by atoms with Gasteiger partial charge in [0.05, 0.1) is 12.6 Å². The maximum absolute atomic E-state index is 13.6. The fourth-order valence-electron chi connectivity index (χ4n) is 2.05. The highest BCUT2D eigenvalue weighted by molar-refractivity contribution is 5.78. The number of hydrogen-bond donors (Lipinski definition) is 2. The topological polar surface area (TPSA) is 52.6 Å². The zero-order chi connectivity index (χ0) is 16.0. The highest BCUT2D eigenvalue weighted by atomic mass is 19.1. The van der Waals surface area contributed by atoms with Crippen molar-refractivity contribution >= 4 is 5.91 Å². The van der Waals surface area contributed by atoms with Crippen LogP contribution in [-0.2, 0) is 4.79 Å². The van der Waals surface area contributed by atoms with Gasteiger partial charge in [-0.1, -0.05) is 25.1 Å². The highest BCUT2D eigenvalue weighted by Gasteiger charge is 2.19. The van der Waals surface area contributed by atoms with Crippen LogP contribution in [0.15, 0.2) is 24.3 Å². The summed E-state index contributed by atoms with van der Waals surface area (Å²) in [7, 11) is 0. The van der Waals surface area contributed by atoms with Crippen LogP contribution in [0.2, 0.25) is 0 Å². The van der Waals surface area contributed by atoms with E-state index in [9.17, 15) is 14.3 Å². The predicted molar refractivity (Wildman–Crippen MR) is 81.4 cm³/mol. The number of hydrogen-bond acceptors (Lipinski definition) is 3. The van der Waals surface area contributed by atoms with Crippen LogP contribution in [0.5, 0.6) is 0 Å². The summed E-state index contributed by atoms with van der Waals surface area (Å²) in [5.74, 6) is -0.537. The number of carbonyl (C=O) groups excluding carboxylic acids is 1. The monoisotopic (exact) mass is 296 g/mol. The number of likely N-dealkylation sites (N-methyl/N-ethyl adjacent to an activating group) is 1. The number of nitrogens with zero attached hydrogens (tertiary/aromatic N) is 1. The van der Waals surface area contributed by atoms with Crippen LogP contribution < -0.4 is 5.32 Å². The van der Waals surface area contributed by atoms with Crippen molar-refractivity contribution in [2.45, 2.75) is 39.3 Å². The van der Waals surface area contributed by atoms with Gasteiger partial charge in [-0.15, -0.1) is 0 Å². The standard InChI is InChI=1S/C16H25FN2O2/c1-5-19(11-15(21)18-16(2,3)4)10-14(20)12-8-6-7-9-13(12)17/h6-9,14,20H,5,10-11H2,1-4H3,(H,18,21)/t14-/m1/s1. The molecule has 0 aromatic heterocycles. The van der Waals surface area contributed by atoms with E-state index in [1.54, 1.807) is 23.1 Å². The molecule has 118 valence electrons. The summed E-state index contributed by atoms with van der Waals surface area (Å²) in [6.07, 6.45) is -0.950. The predicted octanol–water partition coefficient (Wildman–Crippen LogP) is 2.10. The second kappa shape index (κ2) is 7.52. The Kier molecular flexibility index (Phi) is 6.30. The third kappa shape index (κ3) is 6.23. The number of nitrogens with one attached hydrogen (secondary N) is 1. The van der Waals surface area contributed by atoms with Gasteiger partial charge in [0.2, 0.25) is 5.91 Å². The molecule has 21 heavy (non-hydrogen) atoms. The first-order valence-corrected chi connectivity index (χ1v) is 7.18. The van der Waals surface area contributed by atoms with Gasteiger partial charge in [0.25, 0.3) is 0 Å². The molecule has 1 amide bonds. The lowest BCUT2D eigenvalue weighted by Crippen LogP contribution is -2.46. The summed E-state index contributed by atoms with van der Waals surface area (Å²) in [6, 6.07) is 6.15. The molecule has 0 saturated carbocycles. The molecule has 1 aromatic carbocycles. The summed E-state index contributed by atoms with van der Waals surface area (Å²) < 4.78 is 13.6. The van der Waals surface area contributed by atoms with Gasteiger partial charge < -0.3 is 10.4 Å². The smallest absolute Gasteiger partial charge is 0.234 e. The van der Waals surface area contributed by atoms with Gasteiger partial charge in [0.15, 0.2) is 0 Å². The van der Waals surface area contributed by atoms with Crippen molar-refractivity contribution in [2.24, 2.45) is 0 Å². The molecular weight excluding hydrogens is 271 g/mol. The van der Waals surface area contributed by atoms with Crippen molar-refractivity contribution < 1.29 is 14.3 Å². The van der Waals surface area contributed by atoms with Crippen molar-refractivity contribution in [3.05, 3.63) is 35.6 Å². The summed E-state index contributed by atoms with van der Waals surface area (Å²) in [4.78, 5) is 13.7. The van der Waals surface area contributed by atoms with E-state index in [-0.39, 0.29) is 30.1 Å². The van der Waals surface area contributed by atoms with Crippen LogP contribution in [0, 0.1) is 5.82 Å². The minimum atomic E-state index is -0.950. The van der Waals surface area contributed by atoms with Crippen molar-refractivity contribution in [1.82, 2.24) is 10.2 Å². The summed E-state index contributed by atoms with van der Waals surface area (Å²) >= 11 is 0. The molecule has 2 N–H and O–H groups in total. The third-order valence-corrected chi connectivity index (χ3v) is 3.02. The molecule has 0 radical (unpaired) electrons. The number of carbonyl (C=O) groups is 1. The normalized spacial score (nSPS) is 13.3. The fraction of sp³-hybridized carbons (Fsp3) is 0.562. The first-order chi connectivity index (χ1) is 9.73. The van der Waals surface area contributed by atoms with E-state index in [0.717, 1.165) is 0 Å². The van der Waals surface area contributed by atoms with E-state index in [1.807, 2.05) is 27.7 Å². The number of benzene rings is 1. The average Bonchev–Trinajstić information content (AvgIpc) is 2.36. The molecule has 4 nitrogen and oxygen atoms in total. The van der Waals surface area contributed by atoms with Crippen LogP contribution >= 0.6 is 0 Å². The largest absolute Gasteiger partial charge is 0.387 e. The van der Waals surface area contributed by atoms with E-state index >= 15 is 0 Å². The Labute approximate surface area is 126 Å². The molecule has 5 heteroatoms.